The first-order chi connectivity index (χ1) is 7.79. The number of pyridine rings is 1. The highest BCUT2D eigenvalue weighted by atomic mass is 15.3. The molecule has 0 bridgehead atoms. The molecular weight excluding hydrogens is 200 g/mol. The minimum atomic E-state index is 0.807. The maximum Gasteiger partial charge on any atom is 0.0671 e. The molecule has 0 radical (unpaired) electrons. The van der Waals surface area contributed by atoms with E-state index < -0.39 is 0 Å². The van der Waals surface area contributed by atoms with Crippen LogP contribution in [0, 0.1) is 0 Å². The SMILES string of the molecule is CCc1nn(C)cc1CNc1ccncc1. The predicted octanol–water partition coefficient (Wildman–Crippen LogP) is 1.99. The van der Waals surface area contributed by atoms with E-state index in [1.807, 2.05) is 23.9 Å². The zero-order valence-corrected chi connectivity index (χ0v) is 9.64. The summed E-state index contributed by atoms with van der Waals surface area (Å²) in [4.78, 5) is 3.98. The van der Waals surface area contributed by atoms with Gasteiger partial charge in [-0.2, -0.15) is 5.10 Å². The summed E-state index contributed by atoms with van der Waals surface area (Å²) < 4.78 is 1.86. The second kappa shape index (κ2) is 4.79. The fourth-order valence-electron chi connectivity index (χ4n) is 1.70. The van der Waals surface area contributed by atoms with Gasteiger partial charge in [0.2, 0.25) is 0 Å². The molecule has 0 aliphatic heterocycles. The number of hydrogen-bond acceptors (Lipinski definition) is 3. The van der Waals surface area contributed by atoms with E-state index in [1.165, 1.54) is 5.56 Å². The Morgan fingerprint density at radius 2 is 2.06 bits per heavy atom. The van der Waals surface area contributed by atoms with Crippen molar-refractivity contribution >= 4 is 5.69 Å². The zero-order valence-electron chi connectivity index (χ0n) is 9.64. The molecule has 0 aliphatic rings. The lowest BCUT2D eigenvalue weighted by Gasteiger charge is -2.04. The van der Waals surface area contributed by atoms with Crippen molar-refractivity contribution in [3.8, 4) is 0 Å². The van der Waals surface area contributed by atoms with Crippen LogP contribution in [0.15, 0.2) is 30.7 Å². The van der Waals surface area contributed by atoms with Gasteiger partial charge >= 0.3 is 0 Å². The summed E-state index contributed by atoms with van der Waals surface area (Å²) in [7, 11) is 1.95. The molecule has 0 unspecified atom stereocenters. The summed E-state index contributed by atoms with van der Waals surface area (Å²) in [6.07, 6.45) is 6.60. The van der Waals surface area contributed by atoms with E-state index >= 15 is 0 Å². The highest BCUT2D eigenvalue weighted by molar-refractivity contribution is 5.41. The Balaban J connectivity index is 2.04. The first kappa shape index (κ1) is 10.7. The summed E-state index contributed by atoms with van der Waals surface area (Å²) >= 11 is 0. The van der Waals surface area contributed by atoms with E-state index in [4.69, 9.17) is 0 Å². The highest BCUT2D eigenvalue weighted by Crippen LogP contribution is 2.11. The van der Waals surface area contributed by atoms with Crippen LogP contribution in [0.2, 0.25) is 0 Å². The number of nitrogens with zero attached hydrogens (tertiary/aromatic N) is 3. The largest absolute Gasteiger partial charge is 0.381 e. The number of aromatic nitrogens is 3. The number of nitrogens with one attached hydrogen (secondary N) is 1. The summed E-state index contributed by atoms with van der Waals surface area (Å²) in [5, 5.41) is 7.76. The first-order valence-corrected chi connectivity index (χ1v) is 5.45. The maximum atomic E-state index is 4.41. The third-order valence-electron chi connectivity index (χ3n) is 2.49. The van der Waals surface area contributed by atoms with Crippen molar-refractivity contribution < 1.29 is 0 Å². The van der Waals surface area contributed by atoms with Gasteiger partial charge in [0.15, 0.2) is 0 Å². The molecule has 2 aromatic rings. The number of aryl methyl sites for hydroxylation is 2. The van der Waals surface area contributed by atoms with E-state index in [2.05, 4.69) is 28.5 Å². The van der Waals surface area contributed by atoms with Gasteiger partial charge in [-0.3, -0.25) is 9.67 Å². The molecule has 0 aromatic carbocycles. The molecule has 2 aromatic heterocycles. The van der Waals surface area contributed by atoms with Crippen LogP contribution < -0.4 is 5.32 Å². The number of rotatable bonds is 4. The van der Waals surface area contributed by atoms with Crippen molar-refractivity contribution in [2.75, 3.05) is 5.32 Å². The topological polar surface area (TPSA) is 42.7 Å². The van der Waals surface area contributed by atoms with Crippen LogP contribution in [-0.2, 0) is 20.0 Å². The monoisotopic (exact) mass is 216 g/mol. The van der Waals surface area contributed by atoms with Gasteiger partial charge in [-0.05, 0) is 18.6 Å². The molecule has 84 valence electrons. The van der Waals surface area contributed by atoms with Crippen LogP contribution in [0.25, 0.3) is 0 Å². The first-order valence-electron chi connectivity index (χ1n) is 5.45. The second-order valence-corrected chi connectivity index (χ2v) is 3.72. The van der Waals surface area contributed by atoms with E-state index in [0.717, 1.165) is 24.3 Å². The zero-order chi connectivity index (χ0) is 11.4. The van der Waals surface area contributed by atoms with E-state index in [1.54, 1.807) is 12.4 Å². The summed E-state index contributed by atoms with van der Waals surface area (Å²) in [6.45, 7) is 2.93. The number of anilines is 1. The lowest BCUT2D eigenvalue weighted by molar-refractivity contribution is 0.746. The van der Waals surface area contributed by atoms with Crippen LogP contribution in [0.3, 0.4) is 0 Å². The standard InChI is InChI=1S/C12H16N4/c1-3-12-10(9-16(2)15-12)8-14-11-4-6-13-7-5-11/h4-7,9H,3,8H2,1-2H3,(H,13,14). The van der Waals surface area contributed by atoms with Gasteiger partial charge in [-0.1, -0.05) is 6.92 Å². The Hall–Kier alpha value is -1.84. The Bertz CT molecular complexity index is 447. The van der Waals surface area contributed by atoms with Crippen LogP contribution in [0.1, 0.15) is 18.2 Å². The second-order valence-electron chi connectivity index (χ2n) is 3.72. The molecule has 4 heteroatoms. The van der Waals surface area contributed by atoms with E-state index in [0.29, 0.717) is 0 Å². The fourth-order valence-corrected chi connectivity index (χ4v) is 1.70. The molecule has 0 atom stereocenters. The molecule has 0 spiro atoms. The predicted molar refractivity (Wildman–Crippen MR) is 64.1 cm³/mol. The smallest absolute Gasteiger partial charge is 0.0671 e. The van der Waals surface area contributed by atoms with Gasteiger partial charge in [-0.25, -0.2) is 0 Å². The molecule has 0 saturated heterocycles. The summed E-state index contributed by atoms with van der Waals surface area (Å²) in [5.41, 5.74) is 3.49. The lowest BCUT2D eigenvalue weighted by Crippen LogP contribution is -2.00. The average Bonchev–Trinajstić information content (AvgIpc) is 2.68. The fraction of sp³-hybridized carbons (Fsp3) is 0.333. The van der Waals surface area contributed by atoms with Gasteiger partial charge in [-0.15, -0.1) is 0 Å². The molecule has 2 heterocycles. The third kappa shape index (κ3) is 2.39. The van der Waals surface area contributed by atoms with Gasteiger partial charge in [0.1, 0.15) is 0 Å². The van der Waals surface area contributed by atoms with Gasteiger partial charge in [0.25, 0.3) is 0 Å². The van der Waals surface area contributed by atoms with Crippen molar-refractivity contribution in [2.45, 2.75) is 19.9 Å². The Kier molecular flexibility index (Phi) is 3.19. The van der Waals surface area contributed by atoms with Crippen LogP contribution in [0.4, 0.5) is 5.69 Å². The van der Waals surface area contributed by atoms with Gasteiger partial charge < -0.3 is 5.32 Å². The molecule has 0 saturated carbocycles. The molecule has 0 amide bonds. The van der Waals surface area contributed by atoms with Crippen molar-refractivity contribution in [3.05, 3.63) is 42.0 Å². The van der Waals surface area contributed by atoms with Crippen molar-refractivity contribution in [2.24, 2.45) is 7.05 Å². The molecular formula is C12H16N4. The van der Waals surface area contributed by atoms with E-state index in [-0.39, 0.29) is 0 Å². The average molecular weight is 216 g/mol. The Morgan fingerprint density at radius 1 is 1.31 bits per heavy atom. The maximum absolute atomic E-state index is 4.41. The van der Waals surface area contributed by atoms with Crippen LogP contribution in [-0.4, -0.2) is 14.8 Å². The third-order valence-corrected chi connectivity index (χ3v) is 2.49. The molecule has 1 N–H and O–H groups in total. The Morgan fingerprint density at radius 3 is 2.75 bits per heavy atom. The summed E-state index contributed by atoms with van der Waals surface area (Å²) in [5.74, 6) is 0. The number of hydrogen-bond donors (Lipinski definition) is 1. The molecule has 16 heavy (non-hydrogen) atoms. The Labute approximate surface area is 95.3 Å². The van der Waals surface area contributed by atoms with Crippen molar-refractivity contribution in [1.29, 1.82) is 0 Å². The molecule has 4 nitrogen and oxygen atoms in total. The molecule has 2 rings (SSSR count). The van der Waals surface area contributed by atoms with E-state index in [9.17, 15) is 0 Å². The quantitative estimate of drug-likeness (QED) is 0.850. The molecule has 0 aliphatic carbocycles. The minimum absolute atomic E-state index is 0.807. The summed E-state index contributed by atoms with van der Waals surface area (Å²) in [6, 6.07) is 3.92. The van der Waals surface area contributed by atoms with Crippen LogP contribution in [0.5, 0.6) is 0 Å². The van der Waals surface area contributed by atoms with Crippen LogP contribution >= 0.6 is 0 Å². The van der Waals surface area contributed by atoms with Crippen molar-refractivity contribution in [1.82, 2.24) is 14.8 Å². The lowest BCUT2D eigenvalue weighted by atomic mass is 10.2. The van der Waals surface area contributed by atoms with Gasteiger partial charge in [0, 0.05) is 43.4 Å². The molecule has 0 fully saturated rings. The minimum Gasteiger partial charge on any atom is -0.381 e. The van der Waals surface area contributed by atoms with Crippen molar-refractivity contribution in [3.63, 3.8) is 0 Å². The highest BCUT2D eigenvalue weighted by Gasteiger charge is 2.04. The van der Waals surface area contributed by atoms with Gasteiger partial charge in [0.05, 0.1) is 5.69 Å². The normalized spacial score (nSPS) is 10.4.